The first-order valence-electron chi connectivity index (χ1n) is 16.9. The summed E-state index contributed by atoms with van der Waals surface area (Å²) >= 11 is 1.79. The highest BCUT2D eigenvalue weighted by Gasteiger charge is 2.19. The molecule has 0 spiro atoms. The van der Waals surface area contributed by atoms with Crippen LogP contribution in [0.15, 0.2) is 133 Å². The van der Waals surface area contributed by atoms with Crippen molar-refractivity contribution in [2.45, 2.75) is 13.8 Å². The van der Waals surface area contributed by atoms with E-state index >= 15 is 0 Å². The summed E-state index contributed by atoms with van der Waals surface area (Å²) in [6.07, 6.45) is 8.67. The number of nitrogens with one attached hydrogen (secondary N) is 1. The van der Waals surface area contributed by atoms with Crippen molar-refractivity contribution < 1.29 is 0 Å². The molecule has 8 bridgehead atoms. The van der Waals surface area contributed by atoms with Gasteiger partial charge >= 0.3 is 0 Å². The zero-order valence-electron chi connectivity index (χ0n) is 27.8. The summed E-state index contributed by atoms with van der Waals surface area (Å²) in [6, 6.07) is 47.6. The molecule has 0 aliphatic carbocycles. The average Bonchev–Trinajstić information content (AvgIpc) is 3.98. The molecule has 5 heterocycles. The van der Waals surface area contributed by atoms with E-state index in [0.717, 1.165) is 87.7 Å². The second-order valence-corrected chi connectivity index (χ2v) is 13.9. The molecule has 4 heteroatoms. The third-order valence-electron chi connectivity index (χ3n) is 9.43. The monoisotopic (exact) mass is 659 g/mol. The summed E-state index contributed by atoms with van der Waals surface area (Å²) in [4.78, 5) is 14.7. The Morgan fingerprint density at radius 3 is 1.14 bits per heavy atom. The van der Waals surface area contributed by atoms with Crippen molar-refractivity contribution in [2.24, 2.45) is 0 Å². The lowest BCUT2D eigenvalue weighted by molar-refractivity contribution is 1.32. The maximum atomic E-state index is 5.41. The Hall–Kier alpha value is -6.10. The number of aromatic nitrogens is 3. The fraction of sp³-hybridized carbons (Fsp3) is 0.0435. The Morgan fingerprint density at radius 2 is 0.740 bits per heavy atom. The van der Waals surface area contributed by atoms with E-state index in [-0.39, 0.29) is 0 Å². The van der Waals surface area contributed by atoms with Crippen LogP contribution in [-0.4, -0.2) is 15.0 Å². The summed E-state index contributed by atoms with van der Waals surface area (Å²) in [5, 5.41) is 0. The molecule has 0 saturated carbocycles. The van der Waals surface area contributed by atoms with Gasteiger partial charge < -0.3 is 4.98 Å². The highest BCUT2D eigenvalue weighted by molar-refractivity contribution is 7.24. The summed E-state index contributed by atoms with van der Waals surface area (Å²) in [6.45, 7) is 4.25. The van der Waals surface area contributed by atoms with E-state index in [0.29, 0.717) is 0 Å². The topological polar surface area (TPSA) is 41.6 Å². The molecule has 2 aliphatic rings. The van der Waals surface area contributed by atoms with Crippen LogP contribution < -0.4 is 0 Å². The molecule has 0 amide bonds. The number of hydrogen-bond donors (Lipinski definition) is 1. The van der Waals surface area contributed by atoms with Crippen molar-refractivity contribution in [3.63, 3.8) is 0 Å². The summed E-state index contributed by atoms with van der Waals surface area (Å²) < 4.78 is 2.32. The Morgan fingerprint density at radius 1 is 0.380 bits per heavy atom. The van der Waals surface area contributed by atoms with Gasteiger partial charge in [-0.3, -0.25) is 0 Å². The molecule has 3 aromatic heterocycles. The van der Waals surface area contributed by atoms with Gasteiger partial charge in [0.05, 0.1) is 22.8 Å². The lowest BCUT2D eigenvalue weighted by Gasteiger charge is -2.07. The van der Waals surface area contributed by atoms with Crippen LogP contribution in [0.3, 0.4) is 0 Å². The third kappa shape index (κ3) is 5.40. The molecule has 1 N–H and O–H groups in total. The third-order valence-corrected chi connectivity index (χ3v) is 10.6. The van der Waals surface area contributed by atoms with Gasteiger partial charge in [0.2, 0.25) is 0 Å². The van der Waals surface area contributed by atoms with Crippen molar-refractivity contribution in [1.82, 2.24) is 15.0 Å². The molecule has 7 aromatic rings. The van der Waals surface area contributed by atoms with Crippen LogP contribution in [0, 0.1) is 13.8 Å². The minimum absolute atomic E-state index is 0.928. The molecule has 50 heavy (non-hydrogen) atoms. The van der Waals surface area contributed by atoms with E-state index in [1.54, 1.807) is 11.3 Å². The first-order valence-corrected chi connectivity index (χ1v) is 17.7. The van der Waals surface area contributed by atoms with Crippen molar-refractivity contribution >= 4 is 56.1 Å². The maximum absolute atomic E-state index is 5.41. The molecule has 0 unspecified atom stereocenters. The van der Waals surface area contributed by atoms with Crippen molar-refractivity contribution in [3.8, 4) is 44.5 Å². The predicted octanol–water partition coefficient (Wildman–Crippen LogP) is 12.7. The summed E-state index contributed by atoms with van der Waals surface area (Å²) in [5.74, 6) is 0. The lowest BCUT2D eigenvalue weighted by Crippen LogP contribution is -1.88. The zero-order valence-corrected chi connectivity index (χ0v) is 28.6. The van der Waals surface area contributed by atoms with Crippen molar-refractivity contribution in [2.75, 3.05) is 0 Å². The van der Waals surface area contributed by atoms with Crippen molar-refractivity contribution in [1.29, 1.82) is 0 Å². The van der Waals surface area contributed by atoms with E-state index in [2.05, 4.69) is 177 Å². The number of H-pyrrole nitrogens is 1. The highest BCUT2D eigenvalue weighted by atomic mass is 32.1. The Labute approximate surface area is 295 Å². The maximum Gasteiger partial charge on any atom is 0.0737 e. The molecular formula is C46H33N3S. The van der Waals surface area contributed by atoms with Crippen LogP contribution >= 0.6 is 11.3 Å². The number of aromatic amines is 1. The van der Waals surface area contributed by atoms with Crippen LogP contribution in [0.25, 0.3) is 89.2 Å². The predicted molar refractivity (Wildman–Crippen MR) is 214 cm³/mol. The molecule has 2 aliphatic heterocycles. The second-order valence-electron chi connectivity index (χ2n) is 12.8. The highest BCUT2D eigenvalue weighted by Crippen LogP contribution is 2.41. The zero-order chi connectivity index (χ0) is 33.6. The van der Waals surface area contributed by atoms with Crippen LogP contribution in [-0.2, 0) is 0 Å². The number of fused-ring (bicyclic) bond motifs is 8. The quantitative estimate of drug-likeness (QED) is 0.204. The molecule has 238 valence electrons. The van der Waals surface area contributed by atoms with Gasteiger partial charge in [-0.25, -0.2) is 9.97 Å². The smallest absolute Gasteiger partial charge is 0.0737 e. The van der Waals surface area contributed by atoms with Gasteiger partial charge in [0, 0.05) is 42.7 Å². The number of aryl methyl sites for hydroxylation is 2. The minimum atomic E-state index is 0.928. The van der Waals surface area contributed by atoms with E-state index in [1.807, 2.05) is 0 Å². The largest absolute Gasteiger partial charge is 0.354 e. The normalized spacial score (nSPS) is 12.0. The van der Waals surface area contributed by atoms with Gasteiger partial charge in [-0.05, 0) is 84.7 Å². The summed E-state index contributed by atoms with van der Waals surface area (Å²) in [7, 11) is 0. The Kier molecular flexibility index (Phi) is 7.45. The first-order chi connectivity index (χ1) is 24.6. The molecule has 0 fully saturated rings. The molecular weight excluding hydrogens is 627 g/mol. The van der Waals surface area contributed by atoms with Crippen LogP contribution in [0.4, 0.5) is 0 Å². The molecule has 9 rings (SSSR count). The van der Waals surface area contributed by atoms with Gasteiger partial charge in [0.15, 0.2) is 0 Å². The second kappa shape index (κ2) is 12.4. The number of hydrogen-bond acceptors (Lipinski definition) is 3. The first kappa shape index (κ1) is 30.0. The van der Waals surface area contributed by atoms with Gasteiger partial charge in [-0.15, -0.1) is 11.3 Å². The van der Waals surface area contributed by atoms with E-state index in [1.165, 1.54) is 11.1 Å². The number of rotatable bonds is 4. The lowest BCUT2D eigenvalue weighted by atomic mass is 10.0. The fourth-order valence-electron chi connectivity index (χ4n) is 6.94. The number of benzene rings is 4. The molecule has 4 aromatic carbocycles. The molecule has 0 atom stereocenters. The van der Waals surface area contributed by atoms with Gasteiger partial charge in [0.25, 0.3) is 0 Å². The number of thiophene rings is 1. The Balaban J connectivity index is 1.48. The molecule has 0 radical (unpaired) electrons. The van der Waals surface area contributed by atoms with Gasteiger partial charge in [-0.2, -0.15) is 0 Å². The summed E-state index contributed by atoms with van der Waals surface area (Å²) in [5.41, 5.74) is 17.1. The SMILES string of the molecule is Cc1ccc(-c2c3nc(c(-c4ccccc4)c4ccc(s4)c(-c4ccccc4)c4nc(c(-c5ccc(C)cc5)c5ccc2[nH]5)C=C4)C=C3)cc1. The van der Waals surface area contributed by atoms with Crippen LogP contribution in [0.2, 0.25) is 0 Å². The van der Waals surface area contributed by atoms with E-state index < -0.39 is 0 Å². The molecule has 3 nitrogen and oxygen atoms in total. The molecule has 0 saturated heterocycles. The van der Waals surface area contributed by atoms with Crippen LogP contribution in [0.1, 0.15) is 33.9 Å². The minimum Gasteiger partial charge on any atom is -0.354 e. The van der Waals surface area contributed by atoms with E-state index in [4.69, 9.17) is 9.97 Å². The Bertz CT molecular complexity index is 2440. The van der Waals surface area contributed by atoms with Crippen molar-refractivity contribution in [3.05, 3.63) is 167 Å². The van der Waals surface area contributed by atoms with Gasteiger partial charge in [-0.1, -0.05) is 120 Å². The number of nitrogens with zero attached hydrogens (tertiary/aromatic N) is 2. The fourth-order valence-corrected chi connectivity index (χ4v) is 8.10. The van der Waals surface area contributed by atoms with E-state index in [9.17, 15) is 0 Å². The van der Waals surface area contributed by atoms with Crippen LogP contribution in [0.5, 0.6) is 0 Å². The van der Waals surface area contributed by atoms with Gasteiger partial charge in [0.1, 0.15) is 0 Å². The standard InChI is InChI=1S/C46H33N3S/c1-29-13-17-33(18-14-29)43-35-21-22-36(47-35)44(34-19-15-30(2)16-20-34)38-24-26-40(49-38)46(32-11-7-4-8-12-32)42-28-27-41(50-42)45(31-9-5-3-6-10-31)39-25-23-37(43)48-39/h3-28,47H,1-2H3. The average molecular weight is 660 g/mol.